The van der Waals surface area contributed by atoms with E-state index in [9.17, 15) is 22.8 Å². The van der Waals surface area contributed by atoms with Crippen LogP contribution in [0.4, 0.5) is 13.2 Å². The van der Waals surface area contributed by atoms with Crippen molar-refractivity contribution in [3.05, 3.63) is 47.3 Å². The summed E-state index contributed by atoms with van der Waals surface area (Å²) in [4.78, 5) is 22.1. The van der Waals surface area contributed by atoms with Crippen molar-refractivity contribution in [2.24, 2.45) is 0 Å². The van der Waals surface area contributed by atoms with Crippen LogP contribution in [0.15, 0.2) is 30.5 Å². The van der Waals surface area contributed by atoms with Crippen molar-refractivity contribution in [1.29, 1.82) is 0 Å². The van der Waals surface area contributed by atoms with Crippen LogP contribution in [0.1, 0.15) is 26.4 Å². The lowest BCUT2D eigenvalue weighted by molar-refractivity contribution is -0.137. The Balaban J connectivity index is 2.48. The van der Waals surface area contributed by atoms with Gasteiger partial charge in [0, 0.05) is 18.8 Å². The molecule has 0 unspecified atom stereocenters. The summed E-state index contributed by atoms with van der Waals surface area (Å²) in [6.07, 6.45) is -3.14. The minimum atomic E-state index is -4.65. The van der Waals surface area contributed by atoms with Gasteiger partial charge in [-0.25, -0.2) is 4.68 Å². The quantitative estimate of drug-likeness (QED) is 0.882. The molecule has 21 heavy (non-hydrogen) atoms. The van der Waals surface area contributed by atoms with Gasteiger partial charge in [-0.3, -0.25) is 9.59 Å². The highest BCUT2D eigenvalue weighted by Crippen LogP contribution is 2.32. The predicted octanol–water partition coefficient (Wildman–Crippen LogP) is 2.06. The molecule has 2 aromatic rings. The largest absolute Gasteiger partial charge is 0.417 e. The number of nitrogens with zero attached hydrogens (tertiary/aromatic N) is 2. The zero-order chi connectivity index (χ0) is 15.6. The van der Waals surface area contributed by atoms with Gasteiger partial charge in [-0.1, -0.05) is 0 Å². The molecule has 5 nitrogen and oxygen atoms in total. The fourth-order valence-corrected chi connectivity index (χ4v) is 1.75. The number of aldehydes is 1. The summed E-state index contributed by atoms with van der Waals surface area (Å²) in [5.74, 6) is -0.450. The molecule has 1 heterocycles. The molecule has 1 aromatic heterocycles. The van der Waals surface area contributed by atoms with E-state index in [0.717, 1.165) is 16.8 Å². The molecule has 0 atom stereocenters. The van der Waals surface area contributed by atoms with Gasteiger partial charge in [0.2, 0.25) is 0 Å². The average molecular weight is 297 g/mol. The van der Waals surface area contributed by atoms with Gasteiger partial charge in [-0.05, 0) is 24.3 Å². The Bertz CT molecular complexity index is 692. The Morgan fingerprint density at radius 1 is 1.33 bits per heavy atom. The minimum absolute atomic E-state index is 0.0746. The Labute approximate surface area is 117 Å². The van der Waals surface area contributed by atoms with Crippen molar-refractivity contribution in [2.75, 3.05) is 7.05 Å². The maximum atomic E-state index is 12.9. The van der Waals surface area contributed by atoms with E-state index in [1.54, 1.807) is 0 Å². The van der Waals surface area contributed by atoms with Crippen LogP contribution < -0.4 is 5.32 Å². The molecule has 110 valence electrons. The van der Waals surface area contributed by atoms with E-state index in [1.165, 1.54) is 25.4 Å². The second-order valence-corrected chi connectivity index (χ2v) is 4.11. The number of hydrogen-bond donors (Lipinski definition) is 1. The van der Waals surface area contributed by atoms with E-state index in [4.69, 9.17) is 0 Å². The maximum absolute atomic E-state index is 12.9. The summed E-state index contributed by atoms with van der Waals surface area (Å²) in [6.45, 7) is 0. The van der Waals surface area contributed by atoms with E-state index in [-0.39, 0.29) is 17.7 Å². The number of carbonyl (C=O) groups excluding carboxylic acids is 2. The van der Waals surface area contributed by atoms with Gasteiger partial charge in [0.25, 0.3) is 5.91 Å². The van der Waals surface area contributed by atoms with Crippen LogP contribution in [-0.4, -0.2) is 29.0 Å². The number of aromatic nitrogens is 2. The highest BCUT2D eigenvalue weighted by atomic mass is 19.4. The predicted molar refractivity (Wildman–Crippen MR) is 67.3 cm³/mol. The van der Waals surface area contributed by atoms with Crippen molar-refractivity contribution in [3.63, 3.8) is 0 Å². The molecule has 8 heteroatoms. The van der Waals surface area contributed by atoms with Crippen molar-refractivity contribution >= 4 is 12.2 Å². The fraction of sp³-hybridized carbons (Fsp3) is 0.154. The SMILES string of the molecule is CNC(=O)c1ccn(-c2ccc(C=O)c(C(F)(F)F)c2)n1. The third kappa shape index (κ3) is 2.93. The van der Waals surface area contributed by atoms with E-state index < -0.39 is 23.2 Å². The first-order chi connectivity index (χ1) is 9.86. The Morgan fingerprint density at radius 2 is 2.05 bits per heavy atom. The zero-order valence-electron chi connectivity index (χ0n) is 10.8. The molecular formula is C13H10F3N3O2. The van der Waals surface area contributed by atoms with Crippen LogP contribution in [0.2, 0.25) is 0 Å². The van der Waals surface area contributed by atoms with Gasteiger partial charge < -0.3 is 5.32 Å². The summed E-state index contributed by atoms with van der Waals surface area (Å²) in [5, 5.41) is 6.24. The van der Waals surface area contributed by atoms with Crippen molar-refractivity contribution in [2.45, 2.75) is 6.18 Å². The standard InChI is InChI=1S/C13H10F3N3O2/c1-17-12(21)11-4-5-19(18-11)9-3-2-8(7-20)10(6-9)13(14,15)16/h2-7H,1H3,(H,17,21). The molecule has 0 aliphatic rings. The van der Waals surface area contributed by atoms with Crippen molar-refractivity contribution in [3.8, 4) is 5.69 Å². The topological polar surface area (TPSA) is 64.0 Å². The highest BCUT2D eigenvalue weighted by Gasteiger charge is 2.33. The summed E-state index contributed by atoms with van der Waals surface area (Å²) in [5.41, 5.74) is -1.33. The third-order valence-corrected chi connectivity index (χ3v) is 2.78. The average Bonchev–Trinajstić information content (AvgIpc) is 2.94. The minimum Gasteiger partial charge on any atom is -0.354 e. The Hall–Kier alpha value is -2.64. The number of carbonyl (C=O) groups is 2. The van der Waals surface area contributed by atoms with Gasteiger partial charge in [0.1, 0.15) is 0 Å². The van der Waals surface area contributed by atoms with Gasteiger partial charge in [0.05, 0.1) is 11.3 Å². The lowest BCUT2D eigenvalue weighted by atomic mass is 10.1. The number of benzene rings is 1. The van der Waals surface area contributed by atoms with E-state index in [1.807, 2.05) is 0 Å². The highest BCUT2D eigenvalue weighted by molar-refractivity contribution is 5.91. The number of hydrogen-bond acceptors (Lipinski definition) is 3. The Kier molecular flexibility index (Phi) is 3.79. The van der Waals surface area contributed by atoms with Gasteiger partial charge in [0.15, 0.2) is 12.0 Å². The molecule has 0 radical (unpaired) electrons. The number of rotatable bonds is 3. The second-order valence-electron chi connectivity index (χ2n) is 4.11. The number of halogens is 3. The van der Waals surface area contributed by atoms with Gasteiger partial charge >= 0.3 is 6.18 Å². The van der Waals surface area contributed by atoms with Crippen LogP contribution >= 0.6 is 0 Å². The van der Waals surface area contributed by atoms with E-state index >= 15 is 0 Å². The molecule has 0 aliphatic carbocycles. The molecule has 1 N–H and O–H groups in total. The molecule has 0 saturated heterocycles. The van der Waals surface area contributed by atoms with Crippen LogP contribution in [0.5, 0.6) is 0 Å². The second kappa shape index (κ2) is 5.39. The third-order valence-electron chi connectivity index (χ3n) is 2.78. The molecule has 2 rings (SSSR count). The summed E-state index contributed by atoms with van der Waals surface area (Å²) in [7, 11) is 1.42. The van der Waals surface area contributed by atoms with Crippen LogP contribution in [-0.2, 0) is 6.18 Å². The number of nitrogens with one attached hydrogen (secondary N) is 1. The fourth-order valence-electron chi connectivity index (χ4n) is 1.75. The molecule has 0 aliphatic heterocycles. The summed E-state index contributed by atoms with van der Waals surface area (Å²) in [6, 6.07) is 4.57. The first-order valence-electron chi connectivity index (χ1n) is 5.81. The maximum Gasteiger partial charge on any atom is 0.417 e. The molecule has 0 spiro atoms. The molecular weight excluding hydrogens is 287 g/mol. The molecule has 1 aromatic carbocycles. The Morgan fingerprint density at radius 3 is 2.62 bits per heavy atom. The van der Waals surface area contributed by atoms with Gasteiger partial charge in [-0.2, -0.15) is 18.3 Å². The number of alkyl halides is 3. The lowest BCUT2D eigenvalue weighted by Crippen LogP contribution is -2.18. The molecule has 0 saturated carbocycles. The first kappa shape index (κ1) is 14.8. The monoisotopic (exact) mass is 297 g/mol. The van der Waals surface area contributed by atoms with Crippen LogP contribution in [0.3, 0.4) is 0 Å². The zero-order valence-corrected chi connectivity index (χ0v) is 10.8. The number of amides is 1. The smallest absolute Gasteiger partial charge is 0.354 e. The van der Waals surface area contributed by atoms with E-state index in [0.29, 0.717) is 0 Å². The van der Waals surface area contributed by atoms with Crippen molar-refractivity contribution in [1.82, 2.24) is 15.1 Å². The lowest BCUT2D eigenvalue weighted by Gasteiger charge is -2.11. The first-order valence-corrected chi connectivity index (χ1v) is 5.81. The molecule has 0 fully saturated rings. The molecule has 1 amide bonds. The normalized spacial score (nSPS) is 11.2. The van der Waals surface area contributed by atoms with Crippen LogP contribution in [0, 0.1) is 0 Å². The van der Waals surface area contributed by atoms with Crippen molar-refractivity contribution < 1.29 is 22.8 Å². The van der Waals surface area contributed by atoms with Crippen LogP contribution in [0.25, 0.3) is 5.69 Å². The molecule has 0 bridgehead atoms. The summed E-state index contributed by atoms with van der Waals surface area (Å²) < 4.78 is 39.7. The van der Waals surface area contributed by atoms with Gasteiger partial charge in [-0.15, -0.1) is 0 Å². The summed E-state index contributed by atoms with van der Waals surface area (Å²) >= 11 is 0. The van der Waals surface area contributed by atoms with E-state index in [2.05, 4.69) is 10.4 Å².